The second-order valence-corrected chi connectivity index (χ2v) is 11.0. The van der Waals surface area contributed by atoms with Crippen molar-refractivity contribution in [1.82, 2.24) is 24.5 Å². The molecule has 2 aromatic carbocycles. The van der Waals surface area contributed by atoms with Gasteiger partial charge in [-0.25, -0.2) is 4.98 Å². The minimum absolute atomic E-state index is 0.288. The van der Waals surface area contributed by atoms with Gasteiger partial charge < -0.3 is 10.4 Å². The maximum absolute atomic E-state index is 9.60. The Morgan fingerprint density at radius 2 is 1.82 bits per heavy atom. The Kier molecular flexibility index (Phi) is 7.52. The van der Waals surface area contributed by atoms with Gasteiger partial charge >= 0.3 is 0 Å². The van der Waals surface area contributed by atoms with Gasteiger partial charge in [0.15, 0.2) is 0 Å². The van der Waals surface area contributed by atoms with E-state index in [2.05, 4.69) is 50.6 Å². The van der Waals surface area contributed by atoms with Crippen molar-refractivity contribution in [2.75, 3.05) is 18.4 Å². The molecule has 2 N–H and O–H groups in total. The maximum Gasteiger partial charge on any atom is 0.150 e. The summed E-state index contributed by atoms with van der Waals surface area (Å²) in [5.41, 5.74) is 4.76. The molecule has 1 aliphatic heterocycles. The molecular weight excluding hydrogens is 503 g/mol. The van der Waals surface area contributed by atoms with Crippen LogP contribution < -0.4 is 10.8 Å². The molecule has 0 amide bonds. The lowest BCUT2D eigenvalue weighted by Crippen LogP contribution is -2.33. The fourth-order valence-corrected chi connectivity index (χ4v) is 5.97. The van der Waals surface area contributed by atoms with E-state index in [-0.39, 0.29) is 5.75 Å². The zero-order chi connectivity index (χ0) is 26.6. The lowest BCUT2D eigenvalue weighted by molar-refractivity contribution is 0.202. The van der Waals surface area contributed by atoms with Gasteiger partial charge in [-0.2, -0.15) is 9.61 Å². The predicted octanol–water partition coefficient (Wildman–Crippen LogP) is 4.77. The topological polar surface area (TPSA) is 78.6 Å². The summed E-state index contributed by atoms with van der Waals surface area (Å²) in [5, 5.41) is 17.6. The number of fused-ring (bicyclic) bond motifs is 1. The van der Waals surface area contributed by atoms with Gasteiger partial charge in [0.25, 0.3) is 0 Å². The smallest absolute Gasteiger partial charge is 0.150 e. The number of nitrogens with zero attached hydrogens (tertiary/aromatic N) is 5. The Morgan fingerprint density at radius 3 is 2.62 bits per heavy atom. The summed E-state index contributed by atoms with van der Waals surface area (Å²) in [6, 6.07) is 22.1. The number of likely N-dealkylation sites (tertiary alicyclic amines) is 1. The number of aromatic nitrogens is 4. The zero-order valence-electron chi connectivity index (χ0n) is 21.6. The van der Waals surface area contributed by atoms with E-state index in [1.54, 1.807) is 40.8 Å². The van der Waals surface area contributed by atoms with Gasteiger partial charge in [0.05, 0.1) is 0 Å². The van der Waals surface area contributed by atoms with E-state index in [0.717, 1.165) is 54.4 Å². The van der Waals surface area contributed by atoms with E-state index in [4.69, 9.17) is 12.8 Å². The molecule has 2 radical (unpaired) electrons. The molecule has 4 heterocycles. The predicted molar refractivity (Wildman–Crippen MR) is 156 cm³/mol. The van der Waals surface area contributed by atoms with Crippen LogP contribution in [-0.2, 0) is 13.1 Å². The van der Waals surface area contributed by atoms with E-state index in [9.17, 15) is 5.11 Å². The van der Waals surface area contributed by atoms with Crippen molar-refractivity contribution in [3.8, 4) is 5.75 Å². The van der Waals surface area contributed by atoms with Crippen LogP contribution in [0.1, 0.15) is 35.6 Å². The number of anilines is 1. The number of pyridine rings is 1. The second-order valence-electron chi connectivity index (χ2n) is 9.87. The summed E-state index contributed by atoms with van der Waals surface area (Å²) in [7, 11) is 6.23. The molecule has 1 fully saturated rings. The molecule has 5 aromatic rings. The average Bonchev–Trinajstić information content (AvgIpc) is 3.35. The molecule has 0 spiro atoms. The lowest BCUT2D eigenvalue weighted by Gasteiger charge is -2.32. The summed E-state index contributed by atoms with van der Waals surface area (Å²) in [4.78, 5) is 14.0. The standard InChI is InChI=1S/C30H29BN6OS/c31-26-19-34-37-29(33-18-21-4-3-13-32-17-21)16-27(35-30(26)37)22-11-14-36(15-12-22)20-23-5-1-2-6-28(23)39-25-9-7-24(38)8-10-25/h1-10,13,16-17,19,22,33,38H,11-12,14-15,18,20H2. The van der Waals surface area contributed by atoms with Crippen molar-refractivity contribution in [1.29, 1.82) is 0 Å². The van der Waals surface area contributed by atoms with Crippen LogP contribution in [0.2, 0.25) is 0 Å². The maximum atomic E-state index is 9.60. The highest BCUT2D eigenvalue weighted by Crippen LogP contribution is 2.34. The van der Waals surface area contributed by atoms with E-state index in [1.165, 1.54) is 10.5 Å². The Hall–Kier alpha value is -3.82. The van der Waals surface area contributed by atoms with E-state index in [1.807, 2.05) is 30.5 Å². The lowest BCUT2D eigenvalue weighted by atomic mass is 9.92. The number of phenols is 1. The largest absolute Gasteiger partial charge is 0.508 e. The number of rotatable bonds is 8. The van der Waals surface area contributed by atoms with Crippen LogP contribution in [-0.4, -0.2) is 50.5 Å². The minimum Gasteiger partial charge on any atom is -0.508 e. The summed E-state index contributed by atoms with van der Waals surface area (Å²) < 4.78 is 1.78. The Morgan fingerprint density at radius 1 is 1.00 bits per heavy atom. The van der Waals surface area contributed by atoms with Crippen molar-refractivity contribution in [2.45, 2.75) is 41.6 Å². The number of aromatic hydroxyl groups is 1. The quantitative estimate of drug-likeness (QED) is 0.279. The van der Waals surface area contributed by atoms with Crippen LogP contribution >= 0.6 is 11.8 Å². The minimum atomic E-state index is 0.288. The van der Waals surface area contributed by atoms with E-state index >= 15 is 0 Å². The molecule has 6 rings (SSSR count). The van der Waals surface area contributed by atoms with E-state index in [0.29, 0.717) is 23.6 Å². The molecule has 0 unspecified atom stereocenters. The third kappa shape index (κ3) is 5.94. The van der Waals surface area contributed by atoms with Crippen molar-refractivity contribution in [3.63, 3.8) is 0 Å². The van der Waals surface area contributed by atoms with Crippen molar-refractivity contribution in [3.05, 3.63) is 102 Å². The molecular formula is C30H29BN6OS. The van der Waals surface area contributed by atoms with Gasteiger partial charge in [-0.1, -0.05) is 36.0 Å². The average molecular weight is 532 g/mol. The van der Waals surface area contributed by atoms with Crippen LogP contribution in [0.3, 0.4) is 0 Å². The Labute approximate surface area is 233 Å². The van der Waals surface area contributed by atoms with Crippen molar-refractivity contribution in [2.24, 2.45) is 0 Å². The number of hydrogen-bond acceptors (Lipinski definition) is 7. The number of hydrogen-bond donors (Lipinski definition) is 2. The highest BCUT2D eigenvalue weighted by Gasteiger charge is 2.24. The molecule has 0 aliphatic carbocycles. The SMILES string of the molecule is [B]c1cnn2c(NCc3cccnc3)cc(C3CCN(Cc4ccccc4Sc4ccc(O)cc4)CC3)nc12. The van der Waals surface area contributed by atoms with Gasteiger partial charge in [0.1, 0.15) is 25.1 Å². The van der Waals surface area contributed by atoms with Crippen LogP contribution in [0.4, 0.5) is 5.82 Å². The Balaban J connectivity index is 1.14. The highest BCUT2D eigenvalue weighted by molar-refractivity contribution is 7.99. The molecule has 3 aromatic heterocycles. The molecule has 0 bridgehead atoms. The van der Waals surface area contributed by atoms with Crippen molar-refractivity contribution < 1.29 is 5.11 Å². The summed E-state index contributed by atoms with van der Waals surface area (Å²) in [6.07, 6.45) is 7.37. The molecule has 7 nitrogen and oxygen atoms in total. The highest BCUT2D eigenvalue weighted by atomic mass is 32.2. The monoisotopic (exact) mass is 532 g/mol. The molecule has 1 saturated heterocycles. The third-order valence-corrected chi connectivity index (χ3v) is 8.28. The van der Waals surface area contributed by atoms with E-state index < -0.39 is 0 Å². The fourth-order valence-electron chi connectivity index (χ4n) is 5.03. The molecule has 9 heteroatoms. The molecule has 0 atom stereocenters. The molecule has 0 saturated carbocycles. The summed E-state index contributed by atoms with van der Waals surface area (Å²) in [6.45, 7) is 3.56. The number of piperidine rings is 1. The van der Waals surface area contributed by atoms with Gasteiger partial charge in [-0.3, -0.25) is 9.88 Å². The second kappa shape index (κ2) is 11.5. The summed E-state index contributed by atoms with van der Waals surface area (Å²) in [5.74, 6) is 1.54. The van der Waals surface area contributed by atoms with Gasteiger partial charge in [-0.05, 0) is 78.9 Å². The molecule has 194 valence electrons. The van der Waals surface area contributed by atoms with Crippen LogP contribution in [0.15, 0.2) is 95.1 Å². The molecule has 39 heavy (non-hydrogen) atoms. The van der Waals surface area contributed by atoms with Gasteiger partial charge in [-0.15, -0.1) is 0 Å². The first-order valence-electron chi connectivity index (χ1n) is 13.2. The van der Waals surface area contributed by atoms with Crippen LogP contribution in [0.5, 0.6) is 5.75 Å². The normalized spacial score (nSPS) is 14.6. The number of nitrogens with one attached hydrogen (secondary N) is 1. The third-order valence-electron chi connectivity index (χ3n) is 7.15. The van der Waals surface area contributed by atoms with Crippen LogP contribution in [0, 0.1) is 0 Å². The number of phenolic OH excluding ortho intramolecular Hbond substituents is 1. The van der Waals surface area contributed by atoms with Gasteiger partial charge in [0, 0.05) is 59.1 Å². The first-order valence-corrected chi connectivity index (χ1v) is 14.0. The zero-order valence-corrected chi connectivity index (χ0v) is 22.4. The number of benzene rings is 2. The fraction of sp³-hybridized carbons (Fsp3) is 0.233. The van der Waals surface area contributed by atoms with Crippen molar-refractivity contribution >= 4 is 36.5 Å². The van der Waals surface area contributed by atoms with Crippen LogP contribution in [0.25, 0.3) is 5.65 Å². The summed E-state index contributed by atoms with van der Waals surface area (Å²) >= 11 is 1.74. The molecule has 1 aliphatic rings. The Bertz CT molecular complexity index is 1550. The first kappa shape index (κ1) is 25.5. The first-order chi connectivity index (χ1) is 19.1. The van der Waals surface area contributed by atoms with Gasteiger partial charge in [0.2, 0.25) is 0 Å².